The van der Waals surface area contributed by atoms with Gasteiger partial charge in [0.2, 0.25) is 11.7 Å². The van der Waals surface area contributed by atoms with E-state index in [-0.39, 0.29) is 24.1 Å². The van der Waals surface area contributed by atoms with Gasteiger partial charge in [0, 0.05) is 5.92 Å². The van der Waals surface area contributed by atoms with Crippen molar-refractivity contribution in [1.29, 1.82) is 0 Å². The van der Waals surface area contributed by atoms with Gasteiger partial charge in [-0.2, -0.15) is 0 Å². The zero-order chi connectivity index (χ0) is 14.8. The first-order valence-corrected chi connectivity index (χ1v) is 7.75. The number of furan rings is 1. The molecule has 1 aromatic rings. The van der Waals surface area contributed by atoms with E-state index in [1.807, 2.05) is 0 Å². The summed E-state index contributed by atoms with van der Waals surface area (Å²) in [6.45, 7) is 0.264. The maximum absolute atomic E-state index is 12.1. The third-order valence-corrected chi connectivity index (χ3v) is 4.74. The monoisotopic (exact) mass is 291 g/mol. The van der Waals surface area contributed by atoms with Crippen LogP contribution >= 0.6 is 0 Å². The summed E-state index contributed by atoms with van der Waals surface area (Å²) in [4.78, 5) is 22.8. The summed E-state index contributed by atoms with van der Waals surface area (Å²) < 4.78 is 5.12. The predicted molar refractivity (Wildman–Crippen MR) is 75.7 cm³/mol. The molecule has 2 fully saturated rings. The summed E-state index contributed by atoms with van der Waals surface area (Å²) in [5, 5.41) is 11.6. The molecule has 3 rings (SSSR count). The van der Waals surface area contributed by atoms with Gasteiger partial charge >= 0.3 is 5.97 Å². The highest BCUT2D eigenvalue weighted by Crippen LogP contribution is 2.49. The van der Waals surface area contributed by atoms with Crippen LogP contribution in [0.4, 0.5) is 0 Å². The summed E-state index contributed by atoms with van der Waals surface area (Å²) in [5.74, 6) is 0.836. The number of amides is 1. The number of carboxylic acids is 1. The van der Waals surface area contributed by atoms with Gasteiger partial charge in [0.1, 0.15) is 5.76 Å². The molecule has 1 heterocycles. The molecule has 2 atom stereocenters. The zero-order valence-electron chi connectivity index (χ0n) is 12.0. The minimum absolute atomic E-state index is 0.0823. The van der Waals surface area contributed by atoms with Crippen LogP contribution in [-0.2, 0) is 11.3 Å². The Labute approximate surface area is 123 Å². The van der Waals surface area contributed by atoms with Crippen LogP contribution < -0.4 is 5.32 Å². The number of nitrogens with one attached hydrogen (secondary N) is 1. The fraction of sp³-hybridized carbons (Fsp3) is 0.625. The van der Waals surface area contributed by atoms with Crippen LogP contribution in [0, 0.1) is 17.8 Å². The third-order valence-electron chi connectivity index (χ3n) is 4.74. The second-order valence-electron chi connectivity index (χ2n) is 6.19. The molecule has 0 aromatic carbocycles. The first-order chi connectivity index (χ1) is 10.1. The first-order valence-electron chi connectivity index (χ1n) is 7.75. The smallest absolute Gasteiger partial charge is 0.371 e. The topological polar surface area (TPSA) is 79.5 Å². The summed E-state index contributed by atoms with van der Waals surface area (Å²) in [7, 11) is 0. The van der Waals surface area contributed by atoms with Crippen molar-refractivity contribution in [2.75, 3.05) is 0 Å². The van der Waals surface area contributed by atoms with E-state index in [0.29, 0.717) is 11.7 Å². The molecule has 5 heteroatoms. The second-order valence-corrected chi connectivity index (χ2v) is 6.19. The van der Waals surface area contributed by atoms with Crippen LogP contribution in [0.5, 0.6) is 0 Å². The molecular weight excluding hydrogens is 270 g/mol. The van der Waals surface area contributed by atoms with Crippen molar-refractivity contribution in [1.82, 2.24) is 5.32 Å². The molecule has 0 bridgehead atoms. The third kappa shape index (κ3) is 3.28. The second kappa shape index (κ2) is 5.92. The minimum atomic E-state index is -1.09. The van der Waals surface area contributed by atoms with Gasteiger partial charge in [-0.05, 0) is 30.4 Å². The Morgan fingerprint density at radius 1 is 1.24 bits per heavy atom. The molecule has 0 saturated heterocycles. The number of hydrogen-bond acceptors (Lipinski definition) is 3. The van der Waals surface area contributed by atoms with E-state index in [0.717, 1.165) is 12.3 Å². The summed E-state index contributed by atoms with van der Waals surface area (Å²) in [6.07, 6.45) is 7.50. The number of hydrogen-bond donors (Lipinski definition) is 2. The van der Waals surface area contributed by atoms with E-state index in [4.69, 9.17) is 9.52 Å². The SMILES string of the molecule is O=C(O)c1ccc(CNC(=O)C2CC2C2CCCCC2)o1. The lowest BCUT2D eigenvalue weighted by molar-refractivity contribution is -0.123. The average molecular weight is 291 g/mol. The van der Waals surface area contributed by atoms with Gasteiger partial charge in [-0.25, -0.2) is 4.79 Å². The minimum Gasteiger partial charge on any atom is -0.475 e. The average Bonchev–Trinajstić information content (AvgIpc) is 3.15. The molecule has 2 saturated carbocycles. The van der Waals surface area contributed by atoms with Gasteiger partial charge in [-0.15, -0.1) is 0 Å². The normalized spacial score (nSPS) is 25.5. The standard InChI is InChI=1S/C16H21NO4/c18-15(13-8-12(13)10-4-2-1-3-5-10)17-9-11-6-7-14(21-11)16(19)20/h6-7,10,12-13H,1-5,8-9H2,(H,17,18)(H,19,20). The lowest BCUT2D eigenvalue weighted by Gasteiger charge is -2.21. The zero-order valence-corrected chi connectivity index (χ0v) is 12.0. The largest absolute Gasteiger partial charge is 0.475 e. The molecular formula is C16H21NO4. The Bertz CT molecular complexity index is 530. The molecule has 114 valence electrons. The van der Waals surface area contributed by atoms with Crippen LogP contribution in [0.25, 0.3) is 0 Å². The number of carbonyl (C=O) groups excluding carboxylic acids is 1. The highest BCUT2D eigenvalue weighted by atomic mass is 16.4. The van der Waals surface area contributed by atoms with Gasteiger partial charge < -0.3 is 14.8 Å². The number of aromatic carboxylic acids is 1. The Morgan fingerprint density at radius 3 is 2.67 bits per heavy atom. The van der Waals surface area contributed by atoms with Crippen molar-refractivity contribution >= 4 is 11.9 Å². The predicted octanol–water partition coefficient (Wildman–Crippen LogP) is 2.81. The summed E-state index contributed by atoms with van der Waals surface area (Å²) in [5.41, 5.74) is 0. The number of carboxylic acid groups (broad SMARTS) is 1. The molecule has 2 aliphatic carbocycles. The van der Waals surface area contributed by atoms with E-state index in [2.05, 4.69) is 5.32 Å². The highest BCUT2D eigenvalue weighted by molar-refractivity contribution is 5.84. The fourth-order valence-electron chi connectivity index (χ4n) is 3.49. The Balaban J connectivity index is 1.45. The first kappa shape index (κ1) is 14.2. The van der Waals surface area contributed by atoms with Gasteiger partial charge in [0.05, 0.1) is 6.54 Å². The lowest BCUT2D eigenvalue weighted by atomic mass is 9.85. The van der Waals surface area contributed by atoms with Crippen molar-refractivity contribution < 1.29 is 19.1 Å². The van der Waals surface area contributed by atoms with Crippen LogP contribution in [0.1, 0.15) is 54.8 Å². The Morgan fingerprint density at radius 2 is 2.00 bits per heavy atom. The van der Waals surface area contributed by atoms with Crippen molar-refractivity contribution in [2.45, 2.75) is 45.1 Å². The molecule has 1 aromatic heterocycles. The summed E-state index contributed by atoms with van der Waals surface area (Å²) >= 11 is 0. The molecule has 5 nitrogen and oxygen atoms in total. The molecule has 2 aliphatic rings. The molecule has 0 spiro atoms. The van der Waals surface area contributed by atoms with E-state index in [1.54, 1.807) is 6.07 Å². The van der Waals surface area contributed by atoms with Crippen LogP contribution in [0.3, 0.4) is 0 Å². The van der Waals surface area contributed by atoms with Crippen LogP contribution in [0.2, 0.25) is 0 Å². The van der Waals surface area contributed by atoms with Gasteiger partial charge in [-0.3, -0.25) is 4.79 Å². The van der Waals surface area contributed by atoms with E-state index in [1.165, 1.54) is 38.2 Å². The number of rotatable bonds is 5. The molecule has 0 radical (unpaired) electrons. The molecule has 21 heavy (non-hydrogen) atoms. The van der Waals surface area contributed by atoms with Crippen molar-refractivity contribution in [3.8, 4) is 0 Å². The van der Waals surface area contributed by atoms with Crippen LogP contribution in [0.15, 0.2) is 16.5 Å². The Kier molecular flexibility index (Phi) is 3.99. The quantitative estimate of drug-likeness (QED) is 0.874. The Hall–Kier alpha value is -1.78. The molecule has 2 unspecified atom stereocenters. The van der Waals surface area contributed by atoms with Crippen LogP contribution in [-0.4, -0.2) is 17.0 Å². The van der Waals surface area contributed by atoms with Gasteiger partial charge in [0.15, 0.2) is 0 Å². The summed E-state index contributed by atoms with van der Waals surface area (Å²) in [6, 6.07) is 3.00. The van der Waals surface area contributed by atoms with Gasteiger partial charge in [0.25, 0.3) is 0 Å². The maximum atomic E-state index is 12.1. The number of carbonyl (C=O) groups is 2. The molecule has 0 aliphatic heterocycles. The molecule has 1 amide bonds. The van der Waals surface area contributed by atoms with Crippen molar-refractivity contribution in [3.05, 3.63) is 23.7 Å². The fourth-order valence-corrected chi connectivity index (χ4v) is 3.49. The van der Waals surface area contributed by atoms with Crippen molar-refractivity contribution in [3.63, 3.8) is 0 Å². The molecule has 2 N–H and O–H groups in total. The van der Waals surface area contributed by atoms with Crippen molar-refractivity contribution in [2.24, 2.45) is 17.8 Å². The van der Waals surface area contributed by atoms with E-state index >= 15 is 0 Å². The van der Waals surface area contributed by atoms with Gasteiger partial charge in [-0.1, -0.05) is 32.1 Å². The maximum Gasteiger partial charge on any atom is 0.371 e. The highest BCUT2D eigenvalue weighted by Gasteiger charge is 2.47. The van der Waals surface area contributed by atoms with E-state index < -0.39 is 5.97 Å². The van der Waals surface area contributed by atoms with E-state index in [9.17, 15) is 9.59 Å². The lowest BCUT2D eigenvalue weighted by Crippen LogP contribution is -2.26.